The van der Waals surface area contributed by atoms with Gasteiger partial charge in [0.25, 0.3) is 0 Å². The molecule has 6 nitrogen and oxygen atoms in total. The molecular weight excluding hydrogens is 236 g/mol. The molecule has 0 spiro atoms. The van der Waals surface area contributed by atoms with Crippen molar-refractivity contribution in [1.29, 1.82) is 0 Å². The van der Waals surface area contributed by atoms with Crippen molar-refractivity contribution in [3.05, 3.63) is 0 Å². The summed E-state index contributed by atoms with van der Waals surface area (Å²) in [6.07, 6.45) is 3.32. The van der Waals surface area contributed by atoms with Crippen molar-refractivity contribution in [2.24, 2.45) is 0 Å². The van der Waals surface area contributed by atoms with Crippen LogP contribution in [0.25, 0.3) is 0 Å². The van der Waals surface area contributed by atoms with E-state index in [0.717, 1.165) is 32.4 Å². The molecule has 1 N–H and O–H groups in total. The highest BCUT2D eigenvalue weighted by Gasteiger charge is 2.16. The van der Waals surface area contributed by atoms with Crippen LogP contribution in [-0.2, 0) is 19.1 Å². The second-order valence-electron chi connectivity index (χ2n) is 4.29. The minimum Gasteiger partial charge on any atom is -0.469 e. The molecule has 0 saturated carbocycles. The highest BCUT2D eigenvalue weighted by molar-refractivity contribution is 5.86. The number of esters is 1. The summed E-state index contributed by atoms with van der Waals surface area (Å²) in [4.78, 5) is 35.7. The quantitative estimate of drug-likeness (QED) is 0.706. The first-order valence-corrected chi connectivity index (χ1v) is 6.25. The van der Waals surface area contributed by atoms with E-state index >= 15 is 0 Å². The monoisotopic (exact) mass is 256 g/mol. The van der Waals surface area contributed by atoms with Gasteiger partial charge in [-0.05, 0) is 19.3 Å². The van der Waals surface area contributed by atoms with Crippen LogP contribution < -0.4 is 5.32 Å². The van der Waals surface area contributed by atoms with E-state index in [2.05, 4.69) is 10.1 Å². The Labute approximate surface area is 107 Å². The minimum atomic E-state index is -0.424. The van der Waals surface area contributed by atoms with Crippen molar-refractivity contribution in [1.82, 2.24) is 10.2 Å². The number of nitrogens with zero attached hydrogens (tertiary/aromatic N) is 1. The van der Waals surface area contributed by atoms with E-state index in [1.54, 1.807) is 4.90 Å². The zero-order valence-electron chi connectivity index (χ0n) is 10.7. The Bertz CT molecular complexity index is 311. The van der Waals surface area contributed by atoms with Crippen molar-refractivity contribution in [2.75, 3.05) is 26.7 Å². The summed E-state index contributed by atoms with van der Waals surface area (Å²) in [6, 6.07) is 0. The number of amides is 2. The van der Waals surface area contributed by atoms with Crippen LogP contribution in [0.15, 0.2) is 0 Å². The van der Waals surface area contributed by atoms with Crippen LogP contribution in [-0.4, -0.2) is 49.4 Å². The number of carbonyl (C=O) groups is 3. The van der Waals surface area contributed by atoms with Gasteiger partial charge in [0.05, 0.1) is 20.1 Å². The zero-order chi connectivity index (χ0) is 13.4. The summed E-state index contributed by atoms with van der Waals surface area (Å²) in [5.41, 5.74) is 0. The predicted molar refractivity (Wildman–Crippen MR) is 64.7 cm³/mol. The SMILES string of the molecule is COC(=O)CCC(=O)NCC(=O)N1CCCCC1. The average Bonchev–Trinajstić information content (AvgIpc) is 2.42. The van der Waals surface area contributed by atoms with Gasteiger partial charge in [0, 0.05) is 19.5 Å². The molecule has 1 fully saturated rings. The Kier molecular flexibility index (Phi) is 6.18. The lowest BCUT2D eigenvalue weighted by Gasteiger charge is -2.26. The number of piperidine rings is 1. The second kappa shape index (κ2) is 7.68. The highest BCUT2D eigenvalue weighted by atomic mass is 16.5. The Balaban J connectivity index is 2.17. The standard InChI is InChI=1S/C12H20N2O4/c1-18-12(17)6-5-10(15)13-9-11(16)14-7-3-2-4-8-14/h2-9H2,1H3,(H,13,15). The topological polar surface area (TPSA) is 75.7 Å². The third-order valence-corrected chi connectivity index (χ3v) is 2.93. The Morgan fingerprint density at radius 2 is 1.78 bits per heavy atom. The van der Waals surface area contributed by atoms with E-state index in [0.29, 0.717) is 0 Å². The lowest BCUT2D eigenvalue weighted by molar-refractivity contribution is -0.142. The third kappa shape index (κ3) is 5.16. The van der Waals surface area contributed by atoms with Crippen LogP contribution in [0.5, 0.6) is 0 Å². The Hall–Kier alpha value is -1.59. The number of nitrogens with one attached hydrogen (secondary N) is 1. The third-order valence-electron chi connectivity index (χ3n) is 2.93. The van der Waals surface area contributed by atoms with Crippen molar-refractivity contribution >= 4 is 17.8 Å². The first kappa shape index (κ1) is 14.5. The first-order valence-electron chi connectivity index (χ1n) is 6.25. The van der Waals surface area contributed by atoms with E-state index in [-0.39, 0.29) is 31.2 Å². The van der Waals surface area contributed by atoms with Crippen molar-refractivity contribution in [3.63, 3.8) is 0 Å². The molecule has 1 saturated heterocycles. The minimum absolute atomic E-state index is 0.0139. The van der Waals surface area contributed by atoms with Gasteiger partial charge in [-0.3, -0.25) is 14.4 Å². The van der Waals surface area contributed by atoms with Crippen LogP contribution in [0.2, 0.25) is 0 Å². The van der Waals surface area contributed by atoms with Gasteiger partial charge in [-0.15, -0.1) is 0 Å². The lowest BCUT2D eigenvalue weighted by Crippen LogP contribution is -2.42. The maximum atomic E-state index is 11.7. The van der Waals surface area contributed by atoms with E-state index in [4.69, 9.17) is 0 Å². The molecule has 0 aliphatic carbocycles. The summed E-state index contributed by atoms with van der Waals surface area (Å²) in [7, 11) is 1.28. The van der Waals surface area contributed by atoms with Gasteiger partial charge < -0.3 is 15.0 Å². The Morgan fingerprint density at radius 3 is 2.39 bits per heavy atom. The van der Waals surface area contributed by atoms with Crippen LogP contribution in [0.3, 0.4) is 0 Å². The van der Waals surface area contributed by atoms with Crippen molar-refractivity contribution < 1.29 is 19.1 Å². The summed E-state index contributed by atoms with van der Waals surface area (Å²) >= 11 is 0. The molecule has 1 rings (SSSR count). The van der Waals surface area contributed by atoms with Gasteiger partial charge in [0.2, 0.25) is 11.8 Å². The van der Waals surface area contributed by atoms with Crippen molar-refractivity contribution in [3.8, 4) is 0 Å². The molecule has 0 aromatic carbocycles. The number of hydrogen-bond donors (Lipinski definition) is 1. The fourth-order valence-corrected chi connectivity index (χ4v) is 1.84. The van der Waals surface area contributed by atoms with Crippen LogP contribution in [0.1, 0.15) is 32.1 Å². The molecule has 0 aromatic rings. The summed E-state index contributed by atoms with van der Waals surface area (Å²) in [5, 5.41) is 2.52. The highest BCUT2D eigenvalue weighted by Crippen LogP contribution is 2.08. The number of likely N-dealkylation sites (tertiary alicyclic amines) is 1. The number of ether oxygens (including phenoxy) is 1. The summed E-state index contributed by atoms with van der Waals surface area (Å²) < 4.78 is 4.43. The van der Waals surface area contributed by atoms with Gasteiger partial charge in [-0.2, -0.15) is 0 Å². The van der Waals surface area contributed by atoms with Crippen LogP contribution >= 0.6 is 0 Å². The zero-order valence-corrected chi connectivity index (χ0v) is 10.7. The van der Waals surface area contributed by atoms with Gasteiger partial charge in [0.15, 0.2) is 0 Å². The smallest absolute Gasteiger partial charge is 0.306 e. The molecule has 102 valence electrons. The predicted octanol–water partition coefficient (Wildman–Crippen LogP) is 0.0683. The van der Waals surface area contributed by atoms with E-state index in [9.17, 15) is 14.4 Å². The maximum absolute atomic E-state index is 11.7. The molecule has 1 aliphatic heterocycles. The molecule has 0 atom stereocenters. The molecule has 1 aliphatic rings. The van der Waals surface area contributed by atoms with E-state index < -0.39 is 5.97 Å². The van der Waals surface area contributed by atoms with Crippen LogP contribution in [0.4, 0.5) is 0 Å². The van der Waals surface area contributed by atoms with E-state index in [1.807, 2.05) is 0 Å². The largest absolute Gasteiger partial charge is 0.469 e. The summed E-state index contributed by atoms with van der Waals surface area (Å²) in [5.74, 6) is -0.778. The van der Waals surface area contributed by atoms with E-state index in [1.165, 1.54) is 7.11 Å². The molecule has 2 amide bonds. The maximum Gasteiger partial charge on any atom is 0.306 e. The molecule has 0 aromatic heterocycles. The Morgan fingerprint density at radius 1 is 1.11 bits per heavy atom. The van der Waals surface area contributed by atoms with Gasteiger partial charge in [0.1, 0.15) is 0 Å². The van der Waals surface area contributed by atoms with Gasteiger partial charge in [-0.25, -0.2) is 0 Å². The number of rotatable bonds is 5. The van der Waals surface area contributed by atoms with Crippen molar-refractivity contribution in [2.45, 2.75) is 32.1 Å². The fraction of sp³-hybridized carbons (Fsp3) is 0.750. The second-order valence-corrected chi connectivity index (χ2v) is 4.29. The van der Waals surface area contributed by atoms with Crippen LogP contribution in [0, 0.1) is 0 Å². The molecule has 0 unspecified atom stereocenters. The lowest BCUT2D eigenvalue weighted by atomic mass is 10.1. The number of hydrogen-bond acceptors (Lipinski definition) is 4. The molecular formula is C12H20N2O4. The molecule has 1 heterocycles. The molecule has 18 heavy (non-hydrogen) atoms. The normalized spacial score (nSPS) is 15.1. The number of methoxy groups -OCH3 is 1. The molecule has 6 heteroatoms. The average molecular weight is 256 g/mol. The summed E-state index contributed by atoms with van der Waals surface area (Å²) in [6.45, 7) is 1.56. The van der Waals surface area contributed by atoms with Gasteiger partial charge >= 0.3 is 5.97 Å². The molecule has 0 bridgehead atoms. The number of carbonyl (C=O) groups excluding carboxylic acids is 3. The molecule has 0 radical (unpaired) electrons. The fourth-order valence-electron chi connectivity index (χ4n) is 1.84. The van der Waals surface area contributed by atoms with Gasteiger partial charge in [-0.1, -0.05) is 0 Å². The first-order chi connectivity index (χ1) is 8.63.